The topological polar surface area (TPSA) is 49.3 Å². The van der Waals surface area contributed by atoms with Crippen molar-refractivity contribution < 1.29 is 9.90 Å². The van der Waals surface area contributed by atoms with Crippen LogP contribution in [0.15, 0.2) is 0 Å². The summed E-state index contributed by atoms with van der Waals surface area (Å²) >= 11 is 0. The van der Waals surface area contributed by atoms with Crippen LogP contribution in [0, 0.1) is 5.92 Å². The third-order valence-corrected chi connectivity index (χ3v) is 2.07. The molecular formula is C9H17NO2. The summed E-state index contributed by atoms with van der Waals surface area (Å²) in [5.74, 6) is 0.809. The highest BCUT2D eigenvalue weighted by atomic mass is 16.3. The molecular weight excluding hydrogens is 154 g/mol. The van der Waals surface area contributed by atoms with E-state index in [0.717, 1.165) is 12.5 Å². The van der Waals surface area contributed by atoms with Gasteiger partial charge >= 0.3 is 0 Å². The number of hydrogen-bond acceptors (Lipinski definition) is 2. The molecule has 2 N–H and O–H groups in total. The normalized spacial score (nSPS) is 18.8. The van der Waals surface area contributed by atoms with Crippen LogP contribution < -0.4 is 5.32 Å². The van der Waals surface area contributed by atoms with Gasteiger partial charge in [0.25, 0.3) is 0 Å². The van der Waals surface area contributed by atoms with Gasteiger partial charge in [0.2, 0.25) is 5.91 Å². The van der Waals surface area contributed by atoms with Gasteiger partial charge in [-0.05, 0) is 32.1 Å². The lowest BCUT2D eigenvalue weighted by molar-refractivity contribution is -0.121. The smallest absolute Gasteiger partial charge is 0.220 e. The summed E-state index contributed by atoms with van der Waals surface area (Å²) in [6.07, 6.45) is 3.17. The molecule has 0 spiro atoms. The van der Waals surface area contributed by atoms with Gasteiger partial charge < -0.3 is 10.4 Å². The second-order valence-corrected chi connectivity index (χ2v) is 3.64. The van der Waals surface area contributed by atoms with Gasteiger partial charge in [0, 0.05) is 13.0 Å². The summed E-state index contributed by atoms with van der Waals surface area (Å²) in [5.41, 5.74) is 0. The minimum atomic E-state index is -0.364. The summed E-state index contributed by atoms with van der Waals surface area (Å²) in [7, 11) is 0. The standard InChI is InChI=1S/C9H17NO2/c1-7(11)2-5-9(12)10-6-8-3-4-8/h7-8,11H,2-6H2,1H3,(H,10,12). The second kappa shape index (κ2) is 4.45. The number of rotatable bonds is 5. The molecule has 70 valence electrons. The molecule has 0 aromatic carbocycles. The Kier molecular flexibility index (Phi) is 3.53. The minimum Gasteiger partial charge on any atom is -0.393 e. The zero-order chi connectivity index (χ0) is 8.97. The van der Waals surface area contributed by atoms with Crippen molar-refractivity contribution in [1.29, 1.82) is 0 Å². The van der Waals surface area contributed by atoms with E-state index in [1.54, 1.807) is 6.92 Å². The Morgan fingerprint density at radius 2 is 2.33 bits per heavy atom. The molecule has 1 unspecified atom stereocenters. The van der Waals surface area contributed by atoms with E-state index < -0.39 is 0 Å². The zero-order valence-electron chi connectivity index (χ0n) is 7.55. The fourth-order valence-corrected chi connectivity index (χ4v) is 1.01. The average molecular weight is 171 g/mol. The number of carbonyl (C=O) groups is 1. The maximum atomic E-state index is 11.1. The molecule has 1 aliphatic carbocycles. The Morgan fingerprint density at radius 1 is 1.67 bits per heavy atom. The van der Waals surface area contributed by atoms with E-state index in [1.165, 1.54) is 12.8 Å². The summed E-state index contributed by atoms with van der Waals surface area (Å²) in [4.78, 5) is 11.1. The number of amides is 1. The maximum absolute atomic E-state index is 11.1. The fourth-order valence-electron chi connectivity index (χ4n) is 1.01. The number of hydrogen-bond donors (Lipinski definition) is 2. The molecule has 1 fully saturated rings. The van der Waals surface area contributed by atoms with Crippen molar-refractivity contribution in [3.05, 3.63) is 0 Å². The largest absolute Gasteiger partial charge is 0.393 e. The highest BCUT2D eigenvalue weighted by Crippen LogP contribution is 2.27. The average Bonchev–Trinajstić information content (AvgIpc) is 2.80. The molecule has 1 rings (SSSR count). The van der Waals surface area contributed by atoms with Crippen LogP contribution in [0.2, 0.25) is 0 Å². The highest BCUT2D eigenvalue weighted by molar-refractivity contribution is 5.75. The Bertz CT molecular complexity index is 145. The zero-order valence-corrected chi connectivity index (χ0v) is 7.55. The molecule has 0 saturated heterocycles. The lowest BCUT2D eigenvalue weighted by Gasteiger charge is -2.04. The predicted octanol–water partition coefficient (Wildman–Crippen LogP) is 0.674. The van der Waals surface area contributed by atoms with Crippen LogP contribution in [0.25, 0.3) is 0 Å². The van der Waals surface area contributed by atoms with E-state index in [2.05, 4.69) is 5.32 Å². The number of aliphatic hydroxyl groups is 1. The minimum absolute atomic E-state index is 0.0720. The van der Waals surface area contributed by atoms with Crippen LogP contribution in [0.5, 0.6) is 0 Å². The summed E-state index contributed by atoms with van der Waals surface area (Å²) in [6, 6.07) is 0. The first kappa shape index (κ1) is 9.52. The van der Waals surface area contributed by atoms with Crippen molar-refractivity contribution in [1.82, 2.24) is 5.32 Å². The molecule has 3 nitrogen and oxygen atoms in total. The van der Waals surface area contributed by atoms with Gasteiger partial charge in [-0.2, -0.15) is 0 Å². The molecule has 1 saturated carbocycles. The van der Waals surface area contributed by atoms with Crippen LogP contribution in [0.3, 0.4) is 0 Å². The summed E-state index contributed by atoms with van der Waals surface area (Å²) < 4.78 is 0. The number of carbonyl (C=O) groups excluding carboxylic acids is 1. The first-order chi connectivity index (χ1) is 5.68. The van der Waals surface area contributed by atoms with E-state index >= 15 is 0 Å². The van der Waals surface area contributed by atoms with Crippen molar-refractivity contribution in [3.63, 3.8) is 0 Å². The van der Waals surface area contributed by atoms with Gasteiger partial charge in [0.15, 0.2) is 0 Å². The van der Waals surface area contributed by atoms with E-state index in [9.17, 15) is 4.79 Å². The third kappa shape index (κ3) is 4.34. The monoisotopic (exact) mass is 171 g/mol. The molecule has 0 aliphatic heterocycles. The number of aliphatic hydroxyl groups excluding tert-OH is 1. The molecule has 0 bridgehead atoms. The lowest BCUT2D eigenvalue weighted by Crippen LogP contribution is -2.26. The van der Waals surface area contributed by atoms with Crippen molar-refractivity contribution in [2.45, 2.75) is 38.7 Å². The van der Waals surface area contributed by atoms with Crippen LogP contribution in [-0.4, -0.2) is 23.7 Å². The molecule has 1 atom stereocenters. The van der Waals surface area contributed by atoms with Crippen LogP contribution in [0.1, 0.15) is 32.6 Å². The van der Waals surface area contributed by atoms with Crippen LogP contribution in [0.4, 0.5) is 0 Å². The van der Waals surface area contributed by atoms with Crippen molar-refractivity contribution in [3.8, 4) is 0 Å². The van der Waals surface area contributed by atoms with E-state index in [0.29, 0.717) is 12.8 Å². The van der Waals surface area contributed by atoms with Crippen molar-refractivity contribution >= 4 is 5.91 Å². The van der Waals surface area contributed by atoms with Crippen molar-refractivity contribution in [2.24, 2.45) is 5.92 Å². The fraction of sp³-hybridized carbons (Fsp3) is 0.889. The van der Waals surface area contributed by atoms with Crippen LogP contribution >= 0.6 is 0 Å². The van der Waals surface area contributed by atoms with E-state index in [4.69, 9.17) is 5.11 Å². The Labute approximate surface area is 73.2 Å². The van der Waals surface area contributed by atoms with Crippen molar-refractivity contribution in [2.75, 3.05) is 6.54 Å². The maximum Gasteiger partial charge on any atom is 0.220 e. The Hall–Kier alpha value is -0.570. The van der Waals surface area contributed by atoms with Gasteiger partial charge in [-0.3, -0.25) is 4.79 Å². The second-order valence-electron chi connectivity index (χ2n) is 3.64. The summed E-state index contributed by atoms with van der Waals surface area (Å²) in [5, 5.41) is 11.8. The van der Waals surface area contributed by atoms with Gasteiger partial charge in [-0.1, -0.05) is 0 Å². The van der Waals surface area contributed by atoms with E-state index in [1.807, 2.05) is 0 Å². The third-order valence-electron chi connectivity index (χ3n) is 2.07. The quantitative estimate of drug-likeness (QED) is 0.639. The first-order valence-electron chi connectivity index (χ1n) is 4.63. The first-order valence-corrected chi connectivity index (χ1v) is 4.63. The molecule has 0 aromatic heterocycles. The molecule has 0 aromatic rings. The van der Waals surface area contributed by atoms with Gasteiger partial charge in [0.1, 0.15) is 0 Å². The van der Waals surface area contributed by atoms with Gasteiger partial charge in [-0.25, -0.2) is 0 Å². The Balaban J connectivity index is 1.95. The molecule has 3 heteroatoms. The number of nitrogens with one attached hydrogen (secondary N) is 1. The SMILES string of the molecule is CC(O)CCC(=O)NCC1CC1. The summed E-state index contributed by atoms with van der Waals surface area (Å²) in [6.45, 7) is 2.53. The van der Waals surface area contributed by atoms with Gasteiger partial charge in [-0.15, -0.1) is 0 Å². The molecule has 1 aliphatic rings. The van der Waals surface area contributed by atoms with Crippen LogP contribution in [-0.2, 0) is 4.79 Å². The molecule has 0 heterocycles. The predicted molar refractivity (Wildman–Crippen MR) is 46.6 cm³/mol. The lowest BCUT2D eigenvalue weighted by atomic mass is 10.2. The van der Waals surface area contributed by atoms with Gasteiger partial charge in [0.05, 0.1) is 6.10 Å². The van der Waals surface area contributed by atoms with E-state index in [-0.39, 0.29) is 12.0 Å². The highest BCUT2D eigenvalue weighted by Gasteiger charge is 2.21. The molecule has 12 heavy (non-hydrogen) atoms. The Morgan fingerprint density at radius 3 is 2.83 bits per heavy atom. The molecule has 1 amide bonds. The molecule has 0 radical (unpaired) electrons.